The predicted molar refractivity (Wildman–Crippen MR) is 52.8 cm³/mol. The zero-order chi connectivity index (χ0) is 10.6. The number of imide groups is 1. The van der Waals surface area contributed by atoms with Gasteiger partial charge in [-0.3, -0.25) is 19.3 Å². The van der Waals surface area contributed by atoms with Gasteiger partial charge in [0.15, 0.2) is 0 Å². The highest BCUT2D eigenvalue weighted by atomic mass is 32.2. The van der Waals surface area contributed by atoms with Gasteiger partial charge in [0.05, 0.1) is 5.88 Å². The summed E-state index contributed by atoms with van der Waals surface area (Å²) in [5, 5.41) is 0. The largest absolute Gasteiger partial charge is 0.319 e. The second kappa shape index (κ2) is 2.98. The van der Waals surface area contributed by atoms with E-state index in [0.717, 1.165) is 0 Å². The van der Waals surface area contributed by atoms with Crippen molar-refractivity contribution >= 4 is 29.5 Å². The van der Waals surface area contributed by atoms with Crippen molar-refractivity contribution < 1.29 is 14.4 Å². The standard InChI is InChI=1S/C9H10N2O3S/c12-7-2-1-5-8(13)10-4-15-3-6(10)9(14)11(5)7/h5-6H,1-4H2/t5-,6+/m1/s1. The van der Waals surface area contributed by atoms with E-state index >= 15 is 0 Å². The molecule has 0 aromatic heterocycles. The van der Waals surface area contributed by atoms with Crippen LogP contribution in [0.4, 0.5) is 0 Å². The van der Waals surface area contributed by atoms with Crippen molar-refractivity contribution in [2.75, 3.05) is 11.6 Å². The highest BCUT2D eigenvalue weighted by molar-refractivity contribution is 7.99. The van der Waals surface area contributed by atoms with Crippen molar-refractivity contribution in [1.29, 1.82) is 0 Å². The molecular formula is C9H10N2O3S. The zero-order valence-electron chi connectivity index (χ0n) is 8.01. The minimum absolute atomic E-state index is 0.0459. The number of nitrogens with zero attached hydrogens (tertiary/aromatic N) is 2. The van der Waals surface area contributed by atoms with Gasteiger partial charge in [-0.2, -0.15) is 0 Å². The number of amides is 3. The lowest BCUT2D eigenvalue weighted by Gasteiger charge is -2.36. The Hall–Kier alpha value is -1.04. The third-order valence-electron chi connectivity index (χ3n) is 3.18. The number of thioether (sulfide) groups is 1. The molecule has 0 bridgehead atoms. The minimum Gasteiger partial charge on any atom is -0.319 e. The summed E-state index contributed by atoms with van der Waals surface area (Å²) in [6.07, 6.45) is 0.827. The molecule has 3 rings (SSSR count). The Bertz CT molecular complexity index is 370. The van der Waals surface area contributed by atoms with E-state index in [1.807, 2.05) is 0 Å². The average Bonchev–Trinajstić information content (AvgIpc) is 2.80. The first-order valence-electron chi connectivity index (χ1n) is 4.94. The number of hydrogen-bond donors (Lipinski definition) is 0. The molecule has 3 aliphatic heterocycles. The molecule has 0 aromatic carbocycles. The molecule has 0 aliphatic carbocycles. The van der Waals surface area contributed by atoms with E-state index in [1.54, 1.807) is 16.7 Å². The van der Waals surface area contributed by atoms with Crippen LogP contribution in [-0.2, 0) is 14.4 Å². The van der Waals surface area contributed by atoms with Crippen LogP contribution in [0.5, 0.6) is 0 Å². The maximum atomic E-state index is 11.9. The van der Waals surface area contributed by atoms with Gasteiger partial charge in [0.25, 0.3) is 5.91 Å². The fourth-order valence-electron chi connectivity index (χ4n) is 2.41. The maximum absolute atomic E-state index is 11.9. The van der Waals surface area contributed by atoms with Crippen LogP contribution in [0.1, 0.15) is 12.8 Å². The van der Waals surface area contributed by atoms with Crippen molar-refractivity contribution in [2.24, 2.45) is 0 Å². The van der Waals surface area contributed by atoms with E-state index in [-0.39, 0.29) is 23.8 Å². The molecular weight excluding hydrogens is 216 g/mol. The fraction of sp³-hybridized carbons (Fsp3) is 0.667. The first kappa shape index (κ1) is 9.21. The Morgan fingerprint density at radius 2 is 1.93 bits per heavy atom. The molecule has 3 saturated heterocycles. The zero-order valence-corrected chi connectivity index (χ0v) is 8.83. The molecule has 0 N–H and O–H groups in total. The van der Waals surface area contributed by atoms with Crippen molar-refractivity contribution in [1.82, 2.24) is 9.80 Å². The first-order chi connectivity index (χ1) is 7.20. The molecule has 0 aromatic rings. The fourth-order valence-corrected chi connectivity index (χ4v) is 3.57. The first-order valence-corrected chi connectivity index (χ1v) is 6.10. The number of hydrogen-bond acceptors (Lipinski definition) is 4. The predicted octanol–water partition coefficient (Wildman–Crippen LogP) is -0.581. The topological polar surface area (TPSA) is 57.7 Å². The average molecular weight is 226 g/mol. The van der Waals surface area contributed by atoms with Gasteiger partial charge in [-0.15, -0.1) is 11.8 Å². The van der Waals surface area contributed by atoms with Crippen LogP contribution in [-0.4, -0.2) is 51.2 Å². The molecule has 3 fully saturated rings. The number of fused-ring (bicyclic) bond motifs is 2. The number of piperazine rings is 1. The highest BCUT2D eigenvalue weighted by Crippen LogP contribution is 2.33. The normalized spacial score (nSPS) is 34.8. The van der Waals surface area contributed by atoms with Gasteiger partial charge >= 0.3 is 0 Å². The third-order valence-corrected chi connectivity index (χ3v) is 4.20. The molecule has 0 spiro atoms. The van der Waals surface area contributed by atoms with Gasteiger partial charge in [0.1, 0.15) is 12.1 Å². The lowest BCUT2D eigenvalue weighted by molar-refractivity contribution is -0.161. The van der Waals surface area contributed by atoms with Gasteiger partial charge < -0.3 is 4.90 Å². The summed E-state index contributed by atoms with van der Waals surface area (Å²) in [5.74, 6) is 0.812. The van der Waals surface area contributed by atoms with Crippen molar-refractivity contribution in [3.63, 3.8) is 0 Å². The summed E-state index contributed by atoms with van der Waals surface area (Å²) in [4.78, 5) is 38.2. The van der Waals surface area contributed by atoms with Gasteiger partial charge in [0.2, 0.25) is 11.8 Å². The van der Waals surface area contributed by atoms with E-state index < -0.39 is 6.04 Å². The summed E-state index contributed by atoms with van der Waals surface area (Å²) >= 11 is 1.57. The summed E-state index contributed by atoms with van der Waals surface area (Å²) in [5.41, 5.74) is 0. The van der Waals surface area contributed by atoms with Crippen LogP contribution < -0.4 is 0 Å². The Morgan fingerprint density at radius 1 is 1.13 bits per heavy atom. The minimum atomic E-state index is -0.500. The Balaban J connectivity index is 2.00. The van der Waals surface area contributed by atoms with E-state index in [0.29, 0.717) is 24.5 Å². The van der Waals surface area contributed by atoms with Crippen LogP contribution in [0.15, 0.2) is 0 Å². The van der Waals surface area contributed by atoms with E-state index in [4.69, 9.17) is 0 Å². The smallest absolute Gasteiger partial charge is 0.253 e. The third kappa shape index (κ3) is 1.08. The molecule has 3 amide bonds. The maximum Gasteiger partial charge on any atom is 0.253 e. The van der Waals surface area contributed by atoms with Crippen LogP contribution >= 0.6 is 11.8 Å². The van der Waals surface area contributed by atoms with Crippen molar-refractivity contribution in [3.05, 3.63) is 0 Å². The summed E-state index contributed by atoms with van der Waals surface area (Å²) in [7, 11) is 0. The monoisotopic (exact) mass is 226 g/mol. The van der Waals surface area contributed by atoms with Crippen molar-refractivity contribution in [3.8, 4) is 0 Å². The summed E-state index contributed by atoms with van der Waals surface area (Å²) in [6, 6.07) is -0.888. The van der Waals surface area contributed by atoms with Gasteiger partial charge in [0, 0.05) is 12.2 Å². The molecule has 0 saturated carbocycles. The molecule has 2 atom stereocenters. The lowest BCUT2D eigenvalue weighted by atomic mass is 10.1. The van der Waals surface area contributed by atoms with Crippen molar-refractivity contribution in [2.45, 2.75) is 24.9 Å². The SMILES string of the molecule is O=C1[C@H]2CCC(=O)N2C(=O)[C@@H]2CSCN12. The molecule has 15 heavy (non-hydrogen) atoms. The van der Waals surface area contributed by atoms with Crippen LogP contribution in [0.25, 0.3) is 0 Å². The van der Waals surface area contributed by atoms with Crippen LogP contribution in [0.3, 0.4) is 0 Å². The van der Waals surface area contributed by atoms with Crippen LogP contribution in [0.2, 0.25) is 0 Å². The molecule has 3 aliphatic rings. The Labute approximate surface area is 90.8 Å². The quantitative estimate of drug-likeness (QED) is 0.518. The highest BCUT2D eigenvalue weighted by Gasteiger charge is 2.52. The van der Waals surface area contributed by atoms with Crippen LogP contribution in [0, 0.1) is 0 Å². The molecule has 80 valence electrons. The van der Waals surface area contributed by atoms with Gasteiger partial charge in [-0.1, -0.05) is 0 Å². The van der Waals surface area contributed by atoms with E-state index in [9.17, 15) is 14.4 Å². The molecule has 0 unspecified atom stereocenters. The Morgan fingerprint density at radius 3 is 2.73 bits per heavy atom. The molecule has 0 radical (unpaired) electrons. The van der Waals surface area contributed by atoms with E-state index in [2.05, 4.69) is 0 Å². The molecule has 6 heteroatoms. The summed E-state index contributed by atoms with van der Waals surface area (Å²) in [6.45, 7) is 0. The second-order valence-electron chi connectivity index (χ2n) is 3.98. The summed E-state index contributed by atoms with van der Waals surface area (Å²) < 4.78 is 0. The number of carbonyl (C=O) groups excluding carboxylic acids is 3. The number of rotatable bonds is 0. The Kier molecular flexibility index (Phi) is 1.83. The molecule has 3 heterocycles. The van der Waals surface area contributed by atoms with Gasteiger partial charge in [-0.05, 0) is 6.42 Å². The molecule has 5 nitrogen and oxygen atoms in total. The van der Waals surface area contributed by atoms with E-state index in [1.165, 1.54) is 4.90 Å². The lowest BCUT2D eigenvalue weighted by Crippen LogP contribution is -2.62. The number of carbonyl (C=O) groups is 3. The second-order valence-corrected chi connectivity index (χ2v) is 4.98. The van der Waals surface area contributed by atoms with Gasteiger partial charge in [-0.25, -0.2) is 0 Å².